The van der Waals surface area contributed by atoms with E-state index in [1.54, 1.807) is 12.1 Å². The van der Waals surface area contributed by atoms with Crippen LogP contribution in [0.25, 0.3) is 11.3 Å². The highest BCUT2D eigenvalue weighted by Gasteiger charge is 2.13. The van der Waals surface area contributed by atoms with Crippen LogP contribution in [0.15, 0.2) is 47.8 Å². The Labute approximate surface area is 165 Å². The summed E-state index contributed by atoms with van der Waals surface area (Å²) in [5, 5.41) is 5.94. The van der Waals surface area contributed by atoms with E-state index < -0.39 is 0 Å². The molecule has 0 aliphatic rings. The van der Waals surface area contributed by atoms with Crippen LogP contribution in [0.1, 0.15) is 23.7 Å². The van der Waals surface area contributed by atoms with Crippen LogP contribution < -0.4 is 10.1 Å². The fraction of sp³-hybridized carbons (Fsp3) is 0.158. The molecule has 0 aliphatic carbocycles. The Balaban J connectivity index is 1.70. The molecule has 1 heterocycles. The highest BCUT2D eigenvalue weighted by molar-refractivity contribution is 7.14. The standard InChI is InChI=1S/C19H16Cl2N2O2S/c1-2-9-25-14-6-3-12(4-7-14)17-11-26-19(22-17)23-18(24)15-8-5-13(20)10-16(15)21/h3-8,10-11H,2,9H2,1H3,(H,22,23,24). The van der Waals surface area contributed by atoms with Gasteiger partial charge in [-0.05, 0) is 48.9 Å². The summed E-state index contributed by atoms with van der Waals surface area (Å²) in [5.74, 6) is 0.507. The third-order valence-electron chi connectivity index (χ3n) is 3.52. The smallest absolute Gasteiger partial charge is 0.258 e. The lowest BCUT2D eigenvalue weighted by molar-refractivity contribution is 0.102. The first-order valence-corrected chi connectivity index (χ1v) is 9.65. The largest absolute Gasteiger partial charge is 0.494 e. The van der Waals surface area contributed by atoms with Crippen LogP contribution in [0.5, 0.6) is 5.75 Å². The van der Waals surface area contributed by atoms with Crippen LogP contribution in [0.2, 0.25) is 10.0 Å². The van der Waals surface area contributed by atoms with Crippen LogP contribution in [0.4, 0.5) is 5.13 Å². The van der Waals surface area contributed by atoms with Crippen LogP contribution in [0, 0.1) is 0 Å². The number of amides is 1. The number of hydrogen-bond acceptors (Lipinski definition) is 4. The molecule has 3 rings (SSSR count). The lowest BCUT2D eigenvalue weighted by atomic mass is 10.2. The SMILES string of the molecule is CCCOc1ccc(-c2csc(NC(=O)c3ccc(Cl)cc3Cl)n2)cc1. The normalized spacial score (nSPS) is 10.6. The Kier molecular flexibility index (Phi) is 6.14. The van der Waals surface area contributed by atoms with E-state index in [9.17, 15) is 4.79 Å². The maximum Gasteiger partial charge on any atom is 0.258 e. The summed E-state index contributed by atoms with van der Waals surface area (Å²) in [6.45, 7) is 2.76. The minimum absolute atomic E-state index is 0.300. The minimum Gasteiger partial charge on any atom is -0.494 e. The number of benzene rings is 2. The van der Waals surface area contributed by atoms with E-state index in [-0.39, 0.29) is 5.91 Å². The molecule has 0 fully saturated rings. The number of nitrogens with one attached hydrogen (secondary N) is 1. The summed E-state index contributed by atoms with van der Waals surface area (Å²) in [6, 6.07) is 12.5. The first-order valence-electron chi connectivity index (χ1n) is 8.02. The topological polar surface area (TPSA) is 51.2 Å². The molecule has 0 saturated heterocycles. The summed E-state index contributed by atoms with van der Waals surface area (Å²) in [7, 11) is 0. The van der Waals surface area contributed by atoms with Gasteiger partial charge in [0, 0.05) is 16.0 Å². The fourth-order valence-corrected chi connectivity index (χ4v) is 3.45. The van der Waals surface area contributed by atoms with E-state index in [2.05, 4.69) is 17.2 Å². The fourth-order valence-electron chi connectivity index (χ4n) is 2.24. The zero-order chi connectivity index (χ0) is 18.5. The van der Waals surface area contributed by atoms with Gasteiger partial charge >= 0.3 is 0 Å². The molecular formula is C19H16Cl2N2O2S. The number of anilines is 1. The first-order chi connectivity index (χ1) is 12.6. The molecule has 0 aliphatic heterocycles. The predicted octanol–water partition coefficient (Wildman–Crippen LogP) is 6.16. The van der Waals surface area contributed by atoms with E-state index in [0.717, 1.165) is 23.4 Å². The van der Waals surface area contributed by atoms with Gasteiger partial charge in [-0.15, -0.1) is 11.3 Å². The monoisotopic (exact) mass is 406 g/mol. The number of thiazole rings is 1. The molecule has 134 valence electrons. The molecule has 1 N–H and O–H groups in total. The average molecular weight is 407 g/mol. The molecule has 1 amide bonds. The van der Waals surface area contributed by atoms with Crippen LogP contribution in [0.3, 0.4) is 0 Å². The summed E-state index contributed by atoms with van der Waals surface area (Å²) in [4.78, 5) is 16.8. The van der Waals surface area contributed by atoms with Crippen molar-refractivity contribution < 1.29 is 9.53 Å². The van der Waals surface area contributed by atoms with Gasteiger partial charge < -0.3 is 4.74 Å². The van der Waals surface area contributed by atoms with Crippen molar-refractivity contribution in [3.05, 3.63) is 63.5 Å². The molecule has 0 spiro atoms. The first kappa shape index (κ1) is 18.7. The predicted molar refractivity (Wildman–Crippen MR) is 108 cm³/mol. The number of hydrogen-bond donors (Lipinski definition) is 1. The summed E-state index contributed by atoms with van der Waals surface area (Å²) >= 11 is 13.3. The van der Waals surface area contributed by atoms with E-state index in [1.165, 1.54) is 17.4 Å². The number of carbonyl (C=O) groups is 1. The van der Waals surface area contributed by atoms with Gasteiger partial charge in [-0.25, -0.2) is 4.98 Å². The molecule has 0 atom stereocenters. The summed E-state index contributed by atoms with van der Waals surface area (Å²) < 4.78 is 5.58. The highest BCUT2D eigenvalue weighted by Crippen LogP contribution is 2.28. The minimum atomic E-state index is -0.323. The van der Waals surface area contributed by atoms with Gasteiger partial charge in [0.1, 0.15) is 5.75 Å². The number of halogens is 2. The van der Waals surface area contributed by atoms with Crippen molar-refractivity contribution in [2.45, 2.75) is 13.3 Å². The van der Waals surface area contributed by atoms with Gasteiger partial charge in [0.25, 0.3) is 5.91 Å². The number of ether oxygens (including phenoxy) is 1. The molecule has 7 heteroatoms. The third kappa shape index (κ3) is 4.55. The average Bonchev–Trinajstić information content (AvgIpc) is 3.08. The maximum atomic E-state index is 12.3. The quantitative estimate of drug-likeness (QED) is 0.533. The lowest BCUT2D eigenvalue weighted by Crippen LogP contribution is -2.12. The summed E-state index contributed by atoms with van der Waals surface area (Å²) in [5.41, 5.74) is 2.09. The third-order valence-corrected chi connectivity index (χ3v) is 4.83. The zero-order valence-corrected chi connectivity index (χ0v) is 16.3. The maximum absolute atomic E-state index is 12.3. The zero-order valence-electron chi connectivity index (χ0n) is 14.0. The van der Waals surface area contributed by atoms with E-state index >= 15 is 0 Å². The number of nitrogens with zero attached hydrogens (tertiary/aromatic N) is 1. The van der Waals surface area contributed by atoms with Crippen molar-refractivity contribution in [1.82, 2.24) is 4.98 Å². The highest BCUT2D eigenvalue weighted by atomic mass is 35.5. The lowest BCUT2D eigenvalue weighted by Gasteiger charge is -2.05. The Morgan fingerprint density at radius 2 is 1.96 bits per heavy atom. The van der Waals surface area contributed by atoms with Crippen molar-refractivity contribution in [3.8, 4) is 17.0 Å². The van der Waals surface area contributed by atoms with Gasteiger partial charge in [-0.2, -0.15) is 0 Å². The van der Waals surface area contributed by atoms with Gasteiger partial charge in [-0.1, -0.05) is 30.1 Å². The number of aromatic nitrogens is 1. The van der Waals surface area contributed by atoms with Crippen molar-refractivity contribution in [1.29, 1.82) is 0 Å². The van der Waals surface area contributed by atoms with E-state index in [4.69, 9.17) is 27.9 Å². The second-order valence-electron chi connectivity index (χ2n) is 5.49. The van der Waals surface area contributed by atoms with Crippen LogP contribution in [-0.4, -0.2) is 17.5 Å². The second kappa shape index (κ2) is 8.54. The molecule has 0 saturated carbocycles. The Hall–Kier alpha value is -2.08. The molecule has 26 heavy (non-hydrogen) atoms. The van der Waals surface area contributed by atoms with Crippen LogP contribution in [-0.2, 0) is 0 Å². The van der Waals surface area contributed by atoms with E-state index in [1.807, 2.05) is 29.6 Å². The molecular weight excluding hydrogens is 391 g/mol. The molecule has 0 unspecified atom stereocenters. The number of rotatable bonds is 6. The Bertz CT molecular complexity index is 910. The summed E-state index contributed by atoms with van der Waals surface area (Å²) in [6.07, 6.45) is 0.967. The van der Waals surface area contributed by atoms with E-state index in [0.29, 0.717) is 27.3 Å². The van der Waals surface area contributed by atoms with Crippen LogP contribution >= 0.6 is 34.5 Å². The van der Waals surface area contributed by atoms with Gasteiger partial charge in [-0.3, -0.25) is 10.1 Å². The Morgan fingerprint density at radius 1 is 1.19 bits per heavy atom. The Morgan fingerprint density at radius 3 is 2.65 bits per heavy atom. The molecule has 3 aromatic rings. The molecule has 1 aromatic heterocycles. The van der Waals surface area contributed by atoms with Crippen molar-refractivity contribution in [2.24, 2.45) is 0 Å². The van der Waals surface area contributed by atoms with Gasteiger partial charge in [0.2, 0.25) is 0 Å². The molecule has 0 bridgehead atoms. The number of carbonyl (C=O) groups excluding carboxylic acids is 1. The molecule has 4 nitrogen and oxygen atoms in total. The van der Waals surface area contributed by atoms with Crippen molar-refractivity contribution in [3.63, 3.8) is 0 Å². The molecule has 2 aromatic carbocycles. The van der Waals surface area contributed by atoms with Gasteiger partial charge in [0.05, 0.1) is 22.9 Å². The van der Waals surface area contributed by atoms with Gasteiger partial charge in [0.15, 0.2) is 5.13 Å². The van der Waals surface area contributed by atoms with Crippen molar-refractivity contribution >= 4 is 45.6 Å². The second-order valence-corrected chi connectivity index (χ2v) is 7.19. The molecule has 0 radical (unpaired) electrons. The van der Waals surface area contributed by atoms with Crippen molar-refractivity contribution in [2.75, 3.05) is 11.9 Å².